The molecule has 0 bridgehead atoms. The van der Waals surface area contributed by atoms with Gasteiger partial charge in [-0.1, -0.05) is 29.0 Å². The number of nitrogens with zero attached hydrogens (tertiary/aromatic N) is 2. The fourth-order valence-electron chi connectivity index (χ4n) is 2.52. The van der Waals surface area contributed by atoms with Crippen molar-refractivity contribution in [3.05, 3.63) is 40.4 Å². The summed E-state index contributed by atoms with van der Waals surface area (Å²) in [5, 5.41) is 0.941. The van der Waals surface area contributed by atoms with Crippen LogP contribution < -0.4 is 4.90 Å². The quantitative estimate of drug-likeness (QED) is 0.850. The minimum Gasteiger partial charge on any atom is -0.318 e. The average Bonchev–Trinajstić information content (AvgIpc) is 2.87. The zero-order valence-electron chi connectivity index (χ0n) is 11.8. The number of ketones is 1. The molecule has 2 aromatic rings. The minimum absolute atomic E-state index is 0.259. The molecule has 0 fully saturated rings. The number of carbonyl (C=O) groups excluding carboxylic acids is 1. The third-order valence-electron chi connectivity index (χ3n) is 3.65. The molecular weight excluding hydrogens is 268 g/mol. The summed E-state index contributed by atoms with van der Waals surface area (Å²) in [6.07, 6.45) is 2.54. The Morgan fingerprint density at radius 1 is 1.25 bits per heavy atom. The predicted molar refractivity (Wildman–Crippen MR) is 83.2 cm³/mol. The minimum atomic E-state index is 0.259. The number of Topliss-reactive ketones (excluding diaryl/α,β-unsaturated/α-hetero) is 1. The first-order valence-electron chi connectivity index (χ1n) is 7.06. The Balaban J connectivity index is 1.97. The first-order valence-corrected chi connectivity index (χ1v) is 7.88. The van der Waals surface area contributed by atoms with Gasteiger partial charge in [0.1, 0.15) is 0 Å². The average molecular weight is 286 g/mol. The van der Waals surface area contributed by atoms with Gasteiger partial charge in [-0.25, -0.2) is 4.98 Å². The number of rotatable bonds is 3. The van der Waals surface area contributed by atoms with E-state index in [1.165, 1.54) is 5.56 Å². The molecule has 20 heavy (non-hydrogen) atoms. The van der Waals surface area contributed by atoms with Crippen LogP contribution in [0, 0.1) is 6.92 Å². The summed E-state index contributed by atoms with van der Waals surface area (Å²) in [6.45, 7) is 5.05. The van der Waals surface area contributed by atoms with Gasteiger partial charge in [0, 0.05) is 18.7 Å². The Morgan fingerprint density at radius 3 is 2.65 bits per heavy atom. The molecule has 0 saturated carbocycles. The summed E-state index contributed by atoms with van der Waals surface area (Å²) in [7, 11) is 0. The van der Waals surface area contributed by atoms with Gasteiger partial charge in [0.15, 0.2) is 10.9 Å². The smallest absolute Gasteiger partial charge is 0.190 e. The normalized spacial score (nSPS) is 14.2. The van der Waals surface area contributed by atoms with E-state index in [1.807, 2.05) is 0 Å². The van der Waals surface area contributed by atoms with Crippen molar-refractivity contribution in [3.63, 3.8) is 0 Å². The van der Waals surface area contributed by atoms with Gasteiger partial charge >= 0.3 is 0 Å². The van der Waals surface area contributed by atoms with Gasteiger partial charge in [-0.15, -0.1) is 0 Å². The topological polar surface area (TPSA) is 33.2 Å². The summed E-state index contributed by atoms with van der Waals surface area (Å²) in [5.41, 5.74) is 3.38. The summed E-state index contributed by atoms with van der Waals surface area (Å²) < 4.78 is 0. The number of fused-ring (bicyclic) bond motifs is 1. The molecule has 0 N–H and O–H groups in total. The molecule has 0 radical (unpaired) electrons. The largest absolute Gasteiger partial charge is 0.318 e. The summed E-state index contributed by atoms with van der Waals surface area (Å²) in [5.74, 6) is 0.259. The highest BCUT2D eigenvalue weighted by Gasteiger charge is 2.24. The van der Waals surface area contributed by atoms with Crippen molar-refractivity contribution in [3.8, 4) is 0 Å². The molecule has 3 rings (SSSR count). The van der Waals surface area contributed by atoms with Crippen LogP contribution in [0.15, 0.2) is 24.3 Å². The van der Waals surface area contributed by atoms with Crippen molar-refractivity contribution in [1.29, 1.82) is 0 Å². The maximum absolute atomic E-state index is 11.9. The van der Waals surface area contributed by atoms with Crippen LogP contribution in [-0.2, 0) is 6.42 Å². The van der Waals surface area contributed by atoms with Crippen molar-refractivity contribution in [1.82, 2.24) is 4.98 Å². The number of aryl methyl sites for hydroxylation is 2. The van der Waals surface area contributed by atoms with Crippen LogP contribution in [-0.4, -0.2) is 17.3 Å². The number of benzene rings is 1. The summed E-state index contributed by atoms with van der Waals surface area (Å²) in [4.78, 5) is 19.7. The highest BCUT2D eigenvalue weighted by atomic mass is 32.1. The Hall–Kier alpha value is -1.68. The lowest BCUT2D eigenvalue weighted by Gasteiger charge is -2.19. The SMILES string of the molecule is CCN(c1ccc(C)cc1)c1nc2c(s1)C(=O)CCC2. The van der Waals surface area contributed by atoms with Crippen LogP contribution in [0.4, 0.5) is 10.8 Å². The Labute approximate surface area is 123 Å². The van der Waals surface area contributed by atoms with E-state index in [4.69, 9.17) is 4.98 Å². The maximum atomic E-state index is 11.9. The molecule has 0 spiro atoms. The van der Waals surface area contributed by atoms with Crippen molar-refractivity contribution in [2.24, 2.45) is 0 Å². The lowest BCUT2D eigenvalue weighted by Crippen LogP contribution is -2.15. The van der Waals surface area contributed by atoms with Crippen LogP contribution >= 0.6 is 11.3 Å². The fourth-order valence-corrected chi connectivity index (χ4v) is 3.69. The van der Waals surface area contributed by atoms with Crippen LogP contribution in [0.1, 0.15) is 40.7 Å². The molecule has 1 aromatic carbocycles. The number of anilines is 2. The van der Waals surface area contributed by atoms with Crippen molar-refractivity contribution in [2.45, 2.75) is 33.1 Å². The molecule has 0 amide bonds. The molecule has 4 heteroatoms. The molecule has 3 nitrogen and oxygen atoms in total. The van der Waals surface area contributed by atoms with Gasteiger partial charge in [-0.3, -0.25) is 4.79 Å². The number of thiazole rings is 1. The number of hydrogen-bond donors (Lipinski definition) is 0. The van der Waals surface area contributed by atoms with Crippen LogP contribution in [0.2, 0.25) is 0 Å². The number of hydrogen-bond acceptors (Lipinski definition) is 4. The van der Waals surface area contributed by atoms with E-state index in [1.54, 1.807) is 11.3 Å². The van der Waals surface area contributed by atoms with Gasteiger partial charge < -0.3 is 4.90 Å². The van der Waals surface area contributed by atoms with E-state index in [2.05, 4.69) is 43.0 Å². The molecule has 104 valence electrons. The molecule has 0 aliphatic heterocycles. The van der Waals surface area contributed by atoms with E-state index in [0.717, 1.165) is 40.8 Å². The monoisotopic (exact) mass is 286 g/mol. The van der Waals surface area contributed by atoms with Gasteiger partial charge in [0.05, 0.1) is 10.6 Å². The maximum Gasteiger partial charge on any atom is 0.190 e. The van der Waals surface area contributed by atoms with Crippen LogP contribution in [0.3, 0.4) is 0 Å². The van der Waals surface area contributed by atoms with Gasteiger partial charge in [-0.2, -0.15) is 0 Å². The van der Waals surface area contributed by atoms with E-state index in [-0.39, 0.29) is 5.78 Å². The van der Waals surface area contributed by atoms with Crippen molar-refractivity contribution < 1.29 is 4.79 Å². The van der Waals surface area contributed by atoms with E-state index in [0.29, 0.717) is 6.42 Å². The van der Waals surface area contributed by atoms with Gasteiger partial charge in [-0.05, 0) is 38.8 Å². The van der Waals surface area contributed by atoms with E-state index in [9.17, 15) is 4.79 Å². The zero-order valence-corrected chi connectivity index (χ0v) is 12.7. The van der Waals surface area contributed by atoms with Crippen LogP contribution in [0.25, 0.3) is 0 Å². The first-order chi connectivity index (χ1) is 9.69. The second-order valence-corrected chi connectivity index (χ2v) is 6.11. The standard InChI is InChI=1S/C16H18N2OS/c1-3-18(12-9-7-11(2)8-10-12)16-17-13-5-4-6-14(19)15(13)20-16/h7-10H,3-6H2,1-2H3. The van der Waals surface area contributed by atoms with Crippen molar-refractivity contribution >= 4 is 27.9 Å². The third-order valence-corrected chi connectivity index (χ3v) is 4.81. The fraction of sp³-hybridized carbons (Fsp3) is 0.375. The van der Waals surface area contributed by atoms with Crippen LogP contribution in [0.5, 0.6) is 0 Å². The van der Waals surface area contributed by atoms with E-state index < -0.39 is 0 Å². The molecule has 1 aromatic heterocycles. The first kappa shape index (κ1) is 13.3. The zero-order chi connectivity index (χ0) is 14.1. The molecule has 1 aliphatic rings. The second-order valence-electron chi connectivity index (χ2n) is 5.13. The molecule has 0 unspecified atom stereocenters. The highest BCUT2D eigenvalue weighted by Crippen LogP contribution is 2.35. The second kappa shape index (κ2) is 5.37. The Morgan fingerprint density at radius 2 is 2.00 bits per heavy atom. The Kier molecular flexibility index (Phi) is 3.57. The Bertz CT molecular complexity index is 630. The van der Waals surface area contributed by atoms with Crippen molar-refractivity contribution in [2.75, 3.05) is 11.4 Å². The molecule has 1 heterocycles. The predicted octanol–water partition coefficient (Wildman–Crippen LogP) is 4.13. The lowest BCUT2D eigenvalue weighted by molar-refractivity contribution is 0.0976. The number of carbonyl (C=O) groups is 1. The molecule has 0 saturated heterocycles. The third kappa shape index (κ3) is 2.36. The summed E-state index contributed by atoms with van der Waals surface area (Å²) >= 11 is 1.54. The number of aromatic nitrogens is 1. The highest BCUT2D eigenvalue weighted by molar-refractivity contribution is 7.17. The molecule has 0 atom stereocenters. The van der Waals surface area contributed by atoms with Gasteiger partial charge in [0.25, 0.3) is 0 Å². The molecular formula is C16H18N2OS. The molecule has 1 aliphatic carbocycles. The lowest BCUT2D eigenvalue weighted by atomic mass is 10.0. The van der Waals surface area contributed by atoms with Gasteiger partial charge in [0.2, 0.25) is 0 Å². The summed E-state index contributed by atoms with van der Waals surface area (Å²) in [6, 6.07) is 8.44. The van der Waals surface area contributed by atoms with E-state index >= 15 is 0 Å².